The van der Waals surface area contributed by atoms with Crippen molar-refractivity contribution in [1.29, 1.82) is 0 Å². The van der Waals surface area contributed by atoms with Crippen LogP contribution in [0.25, 0.3) is 15.9 Å². The molecule has 10 heteroatoms. The number of anilines is 1. The number of carbonyl (C=O) groups excluding carboxylic acids is 2. The van der Waals surface area contributed by atoms with Crippen LogP contribution in [0.1, 0.15) is 61.8 Å². The van der Waals surface area contributed by atoms with Gasteiger partial charge in [0.1, 0.15) is 10.6 Å². The largest absolute Gasteiger partial charge is 0.494 e. The molecule has 0 bridgehead atoms. The first kappa shape index (κ1) is 30.8. The van der Waals surface area contributed by atoms with E-state index in [9.17, 15) is 14.4 Å². The van der Waals surface area contributed by atoms with Crippen LogP contribution >= 0.6 is 23.1 Å². The van der Waals surface area contributed by atoms with E-state index < -0.39 is 5.97 Å². The molecule has 2 aromatic carbocycles. The maximum atomic E-state index is 14.2. The number of hydrogen-bond acceptors (Lipinski definition) is 8. The summed E-state index contributed by atoms with van der Waals surface area (Å²) in [5.74, 6) is 0.655. The van der Waals surface area contributed by atoms with Gasteiger partial charge < -0.3 is 14.8 Å². The molecule has 0 saturated heterocycles. The van der Waals surface area contributed by atoms with Crippen molar-refractivity contribution in [2.45, 2.75) is 59.0 Å². The first-order valence-corrected chi connectivity index (χ1v) is 16.4. The number of amides is 1. The van der Waals surface area contributed by atoms with E-state index in [4.69, 9.17) is 14.5 Å². The second-order valence-corrected chi connectivity index (χ2v) is 13.6. The minimum atomic E-state index is -0.408. The Morgan fingerprint density at radius 2 is 1.79 bits per heavy atom. The summed E-state index contributed by atoms with van der Waals surface area (Å²) in [6.07, 6.45) is 2.85. The Bertz CT molecular complexity index is 1690. The Morgan fingerprint density at radius 3 is 2.44 bits per heavy atom. The highest BCUT2D eigenvalue weighted by molar-refractivity contribution is 7.99. The summed E-state index contributed by atoms with van der Waals surface area (Å²) >= 11 is 2.83. The standard InChI is InChI=1S/C33H37N3O5S2/c1-6-40-24-15-13-23(14-16-24)36-30(38)28-25-17-10-21(33(3,4)5)18-26(25)43-29(28)35-32(36)42-19-27(37)34-22-11-8-20(9-12-22)31(39)41-7-2/h8-9,11-16,21H,6-7,10,17-19H2,1-5H3,(H,34,37). The van der Waals surface area contributed by atoms with Gasteiger partial charge in [-0.05, 0) is 98.5 Å². The molecule has 4 aromatic rings. The molecule has 1 aliphatic rings. The maximum Gasteiger partial charge on any atom is 0.338 e. The van der Waals surface area contributed by atoms with Crippen LogP contribution in [-0.4, -0.2) is 40.4 Å². The van der Waals surface area contributed by atoms with E-state index in [-0.39, 0.29) is 22.6 Å². The van der Waals surface area contributed by atoms with E-state index in [0.29, 0.717) is 46.6 Å². The van der Waals surface area contributed by atoms with Crippen molar-refractivity contribution < 1.29 is 19.1 Å². The van der Waals surface area contributed by atoms with E-state index in [1.807, 2.05) is 31.2 Å². The van der Waals surface area contributed by atoms with Gasteiger partial charge in [0.05, 0.1) is 35.6 Å². The monoisotopic (exact) mass is 619 g/mol. The Balaban J connectivity index is 1.44. The third-order valence-corrected chi connectivity index (χ3v) is 9.78. The average Bonchev–Trinajstić information content (AvgIpc) is 3.35. The van der Waals surface area contributed by atoms with Crippen molar-refractivity contribution in [3.63, 3.8) is 0 Å². The van der Waals surface area contributed by atoms with E-state index in [1.165, 1.54) is 16.6 Å². The second-order valence-electron chi connectivity index (χ2n) is 11.6. The number of nitrogens with zero attached hydrogens (tertiary/aromatic N) is 2. The molecule has 226 valence electrons. The number of esters is 1. The van der Waals surface area contributed by atoms with E-state index >= 15 is 0 Å². The van der Waals surface area contributed by atoms with Gasteiger partial charge in [0, 0.05) is 10.6 Å². The summed E-state index contributed by atoms with van der Waals surface area (Å²) in [5.41, 5.74) is 2.85. The van der Waals surface area contributed by atoms with Crippen molar-refractivity contribution in [2.75, 3.05) is 24.3 Å². The first-order valence-electron chi connectivity index (χ1n) is 14.6. The molecule has 2 heterocycles. The lowest BCUT2D eigenvalue weighted by Gasteiger charge is -2.33. The molecular formula is C33H37N3O5S2. The fourth-order valence-electron chi connectivity index (χ4n) is 5.36. The van der Waals surface area contributed by atoms with Gasteiger partial charge in [0.15, 0.2) is 5.16 Å². The normalized spacial score (nSPS) is 14.8. The van der Waals surface area contributed by atoms with Crippen LogP contribution in [0.15, 0.2) is 58.5 Å². The number of hydrogen-bond donors (Lipinski definition) is 1. The Hall–Kier alpha value is -3.63. The van der Waals surface area contributed by atoms with Gasteiger partial charge in [-0.1, -0.05) is 32.5 Å². The molecule has 0 aliphatic heterocycles. The van der Waals surface area contributed by atoms with Crippen LogP contribution in [0.4, 0.5) is 5.69 Å². The highest BCUT2D eigenvalue weighted by Crippen LogP contribution is 2.42. The predicted octanol–water partition coefficient (Wildman–Crippen LogP) is 6.90. The van der Waals surface area contributed by atoms with Gasteiger partial charge in [0.25, 0.3) is 5.56 Å². The molecular weight excluding hydrogens is 583 g/mol. The van der Waals surface area contributed by atoms with E-state index in [0.717, 1.165) is 35.4 Å². The second kappa shape index (κ2) is 12.9. The van der Waals surface area contributed by atoms with E-state index in [2.05, 4.69) is 26.1 Å². The summed E-state index contributed by atoms with van der Waals surface area (Å²) in [6.45, 7) is 11.4. The first-order chi connectivity index (χ1) is 20.6. The molecule has 1 aliphatic carbocycles. The third-order valence-electron chi connectivity index (χ3n) is 7.69. The summed E-state index contributed by atoms with van der Waals surface area (Å²) < 4.78 is 12.2. The predicted molar refractivity (Wildman–Crippen MR) is 173 cm³/mol. The maximum absolute atomic E-state index is 14.2. The number of benzene rings is 2. The molecule has 0 spiro atoms. The van der Waals surface area contributed by atoms with Crippen molar-refractivity contribution in [1.82, 2.24) is 9.55 Å². The summed E-state index contributed by atoms with van der Waals surface area (Å²) in [6, 6.07) is 13.9. The molecule has 0 fully saturated rings. The SMILES string of the molecule is CCOC(=O)c1ccc(NC(=O)CSc2nc3sc4c(c3c(=O)n2-c2ccc(OCC)cc2)CCC(C(C)(C)C)C4)cc1. The van der Waals surface area contributed by atoms with Crippen molar-refractivity contribution in [2.24, 2.45) is 11.3 Å². The summed E-state index contributed by atoms with van der Waals surface area (Å²) in [4.78, 5) is 46.0. The number of aryl methyl sites for hydroxylation is 1. The minimum absolute atomic E-state index is 0.0474. The zero-order valence-corrected chi connectivity index (χ0v) is 26.8. The van der Waals surface area contributed by atoms with Crippen LogP contribution in [0.2, 0.25) is 0 Å². The molecule has 1 atom stereocenters. The molecule has 0 radical (unpaired) electrons. The molecule has 43 heavy (non-hydrogen) atoms. The highest BCUT2D eigenvalue weighted by atomic mass is 32.2. The number of ether oxygens (including phenoxy) is 2. The van der Waals surface area contributed by atoms with Crippen LogP contribution in [0.3, 0.4) is 0 Å². The smallest absolute Gasteiger partial charge is 0.338 e. The van der Waals surface area contributed by atoms with E-state index in [1.54, 1.807) is 47.1 Å². The molecule has 0 saturated carbocycles. The van der Waals surface area contributed by atoms with Gasteiger partial charge in [-0.25, -0.2) is 9.78 Å². The van der Waals surface area contributed by atoms with Gasteiger partial charge >= 0.3 is 5.97 Å². The molecule has 1 amide bonds. The number of nitrogens with one attached hydrogen (secondary N) is 1. The van der Waals surface area contributed by atoms with Crippen LogP contribution < -0.4 is 15.6 Å². The molecule has 1 unspecified atom stereocenters. The minimum Gasteiger partial charge on any atom is -0.494 e. The zero-order valence-electron chi connectivity index (χ0n) is 25.2. The molecule has 1 N–H and O–H groups in total. The van der Waals surface area contributed by atoms with Crippen LogP contribution in [0, 0.1) is 11.3 Å². The van der Waals surface area contributed by atoms with Crippen molar-refractivity contribution >= 4 is 50.9 Å². The highest BCUT2D eigenvalue weighted by Gasteiger charge is 2.32. The van der Waals surface area contributed by atoms with Gasteiger partial charge in [0.2, 0.25) is 5.91 Å². The molecule has 5 rings (SSSR count). The van der Waals surface area contributed by atoms with Crippen LogP contribution in [0.5, 0.6) is 5.75 Å². The van der Waals surface area contributed by atoms with Crippen molar-refractivity contribution in [3.05, 3.63) is 74.9 Å². The lowest BCUT2D eigenvalue weighted by Crippen LogP contribution is -2.27. The lowest BCUT2D eigenvalue weighted by atomic mass is 9.72. The Morgan fingerprint density at radius 1 is 1.07 bits per heavy atom. The molecule has 8 nitrogen and oxygen atoms in total. The fraction of sp³-hybridized carbons (Fsp3) is 0.394. The number of rotatable bonds is 9. The van der Waals surface area contributed by atoms with Gasteiger partial charge in [-0.3, -0.25) is 14.2 Å². The third kappa shape index (κ3) is 6.80. The fourth-order valence-corrected chi connectivity index (χ4v) is 7.51. The lowest BCUT2D eigenvalue weighted by molar-refractivity contribution is -0.113. The van der Waals surface area contributed by atoms with Gasteiger partial charge in [-0.15, -0.1) is 11.3 Å². The molecule has 2 aromatic heterocycles. The topological polar surface area (TPSA) is 99.5 Å². The number of carbonyl (C=O) groups is 2. The Kier molecular flexibility index (Phi) is 9.27. The average molecular weight is 620 g/mol. The summed E-state index contributed by atoms with van der Waals surface area (Å²) in [5, 5.41) is 4.01. The van der Waals surface area contributed by atoms with Crippen molar-refractivity contribution in [3.8, 4) is 11.4 Å². The number of thioether (sulfide) groups is 1. The summed E-state index contributed by atoms with van der Waals surface area (Å²) in [7, 11) is 0. The van der Waals surface area contributed by atoms with Crippen LogP contribution in [-0.2, 0) is 22.4 Å². The number of aromatic nitrogens is 2. The van der Waals surface area contributed by atoms with Gasteiger partial charge in [-0.2, -0.15) is 0 Å². The number of thiophene rings is 1. The number of fused-ring (bicyclic) bond motifs is 3. The Labute approximate surface area is 259 Å². The quantitative estimate of drug-likeness (QED) is 0.124. The zero-order chi connectivity index (χ0) is 30.7.